The molecule has 0 saturated carbocycles. The van der Waals surface area contributed by atoms with E-state index in [0.717, 1.165) is 0 Å². The number of hydrogen-bond acceptors (Lipinski definition) is 5. The van der Waals surface area contributed by atoms with Crippen LogP contribution in [0.1, 0.15) is 33.6 Å². The monoisotopic (exact) mass is 334 g/mol. The molecule has 0 aromatic carbocycles. The topological polar surface area (TPSA) is 116 Å². The molecule has 0 aromatic rings. The Bertz CT molecular complexity index is 389. The molecule has 1 unspecified atom stereocenters. The number of carboxylic acids is 1. The highest BCUT2D eigenvalue weighted by Gasteiger charge is 2.32. The third-order valence-electron chi connectivity index (χ3n) is 3.03. The first-order valence-corrected chi connectivity index (χ1v) is 8.63. The van der Waals surface area contributed by atoms with Crippen molar-refractivity contribution in [3.8, 4) is 0 Å². The molecule has 8 heteroatoms. The first kappa shape index (κ1) is 20.7. The fraction of sp³-hybridized carbons (Fsp3) is 0.786. The van der Waals surface area contributed by atoms with Crippen LogP contribution in [0.25, 0.3) is 0 Å². The smallest absolute Gasteiger partial charge is 0.328 e. The highest BCUT2D eigenvalue weighted by molar-refractivity contribution is 7.98. The van der Waals surface area contributed by atoms with Crippen LogP contribution in [-0.2, 0) is 14.4 Å². The Morgan fingerprint density at radius 1 is 1.14 bits per heavy atom. The fourth-order valence-electron chi connectivity index (χ4n) is 1.84. The Balaban J connectivity index is 4.91. The van der Waals surface area contributed by atoms with Crippen molar-refractivity contribution < 1.29 is 24.6 Å². The third kappa shape index (κ3) is 7.13. The zero-order chi connectivity index (χ0) is 17.3. The van der Waals surface area contributed by atoms with E-state index < -0.39 is 30.1 Å². The number of aliphatic carboxylic acids is 1. The molecule has 22 heavy (non-hydrogen) atoms. The largest absolute Gasteiger partial charge is 0.480 e. The second-order valence-corrected chi connectivity index (χ2v) is 6.30. The average molecular weight is 334 g/mol. The number of carbonyl (C=O) groups excluding carboxylic acids is 2. The van der Waals surface area contributed by atoms with Crippen molar-refractivity contribution >= 4 is 29.5 Å². The normalized spacial score (nSPS) is 15.0. The third-order valence-corrected chi connectivity index (χ3v) is 3.70. The van der Waals surface area contributed by atoms with Crippen molar-refractivity contribution in [2.75, 3.05) is 12.0 Å². The van der Waals surface area contributed by atoms with Crippen molar-refractivity contribution in [3.63, 3.8) is 0 Å². The van der Waals surface area contributed by atoms with Crippen LogP contribution >= 0.6 is 11.8 Å². The minimum atomic E-state index is -1.40. The van der Waals surface area contributed by atoms with E-state index >= 15 is 0 Å². The summed E-state index contributed by atoms with van der Waals surface area (Å²) in [6, 6.07) is -2.23. The molecule has 0 heterocycles. The van der Waals surface area contributed by atoms with Gasteiger partial charge in [-0.25, -0.2) is 4.79 Å². The molecule has 0 rings (SSSR count). The van der Waals surface area contributed by atoms with Gasteiger partial charge in [-0.05, 0) is 18.6 Å². The van der Waals surface area contributed by atoms with Gasteiger partial charge in [0.2, 0.25) is 11.8 Å². The highest BCUT2D eigenvalue weighted by atomic mass is 32.2. The Labute approximate surface area is 135 Å². The van der Waals surface area contributed by atoms with E-state index in [4.69, 9.17) is 5.11 Å². The number of carbonyl (C=O) groups is 3. The lowest BCUT2D eigenvalue weighted by molar-refractivity contribution is -0.145. The van der Waals surface area contributed by atoms with Crippen LogP contribution in [0.4, 0.5) is 0 Å². The van der Waals surface area contributed by atoms with Gasteiger partial charge in [0.25, 0.3) is 0 Å². The maximum Gasteiger partial charge on any atom is 0.328 e. The second kappa shape index (κ2) is 10.4. The minimum absolute atomic E-state index is 0.186. The summed E-state index contributed by atoms with van der Waals surface area (Å²) in [4.78, 5) is 35.1. The molecule has 7 nitrogen and oxygen atoms in total. The number of carboxylic acid groups (broad SMARTS) is 1. The summed E-state index contributed by atoms with van der Waals surface area (Å²) in [6.45, 7) is 5.36. The summed E-state index contributed by atoms with van der Waals surface area (Å²) in [7, 11) is 0. The molecule has 0 bridgehead atoms. The molecule has 0 aliphatic rings. The van der Waals surface area contributed by atoms with E-state index in [2.05, 4.69) is 10.6 Å². The van der Waals surface area contributed by atoms with E-state index in [1.807, 2.05) is 6.92 Å². The molecule has 2 amide bonds. The van der Waals surface area contributed by atoms with Crippen LogP contribution in [0.3, 0.4) is 0 Å². The van der Waals surface area contributed by atoms with Gasteiger partial charge in [-0.15, -0.1) is 0 Å². The van der Waals surface area contributed by atoms with Crippen molar-refractivity contribution in [1.82, 2.24) is 10.6 Å². The van der Waals surface area contributed by atoms with Gasteiger partial charge in [-0.3, -0.25) is 9.59 Å². The maximum absolute atomic E-state index is 12.2. The van der Waals surface area contributed by atoms with Crippen LogP contribution < -0.4 is 10.6 Å². The van der Waals surface area contributed by atoms with E-state index in [0.29, 0.717) is 12.8 Å². The molecule has 0 saturated heterocycles. The summed E-state index contributed by atoms with van der Waals surface area (Å²) < 4.78 is 0. The molecule has 0 aliphatic carbocycles. The number of aliphatic hydroxyl groups excluding tert-OH is 1. The number of amides is 2. The van der Waals surface area contributed by atoms with E-state index in [1.165, 1.54) is 11.8 Å². The molecular weight excluding hydrogens is 308 g/mol. The second-order valence-electron chi connectivity index (χ2n) is 5.39. The van der Waals surface area contributed by atoms with E-state index in [-0.39, 0.29) is 17.6 Å². The Kier molecular flexibility index (Phi) is 9.84. The van der Waals surface area contributed by atoms with Gasteiger partial charge in [0, 0.05) is 12.2 Å². The first-order chi connectivity index (χ1) is 10.2. The van der Waals surface area contributed by atoms with Crippen molar-refractivity contribution in [1.29, 1.82) is 0 Å². The van der Waals surface area contributed by atoms with Gasteiger partial charge >= 0.3 is 5.97 Å². The summed E-state index contributed by atoms with van der Waals surface area (Å²) >= 11 is 1.28. The van der Waals surface area contributed by atoms with Crippen LogP contribution in [0.5, 0.6) is 0 Å². The Hall–Kier alpha value is -1.28. The van der Waals surface area contributed by atoms with Crippen molar-refractivity contribution in [2.24, 2.45) is 5.92 Å². The quantitative estimate of drug-likeness (QED) is 0.454. The number of rotatable bonds is 10. The van der Waals surface area contributed by atoms with Gasteiger partial charge in [0.1, 0.15) is 6.04 Å². The number of aliphatic hydroxyl groups is 1. The van der Waals surface area contributed by atoms with Crippen LogP contribution in [0.2, 0.25) is 0 Å². The predicted octanol–water partition coefficient (Wildman–Crippen LogP) is 0.221. The number of hydrogen-bond donors (Lipinski definition) is 4. The maximum atomic E-state index is 12.2. The highest BCUT2D eigenvalue weighted by Crippen LogP contribution is 2.07. The Morgan fingerprint density at radius 3 is 2.14 bits per heavy atom. The summed E-state index contributed by atoms with van der Waals surface area (Å²) in [6.07, 6.45) is 1.48. The van der Waals surface area contributed by atoms with Crippen LogP contribution in [0.15, 0.2) is 0 Å². The summed E-state index contributed by atoms with van der Waals surface area (Å²) in [5.74, 6) is -2.18. The zero-order valence-corrected chi connectivity index (χ0v) is 14.3. The van der Waals surface area contributed by atoms with Crippen LogP contribution in [-0.4, -0.2) is 58.2 Å². The molecule has 3 atom stereocenters. The molecule has 0 fully saturated rings. The van der Waals surface area contributed by atoms with E-state index in [9.17, 15) is 19.5 Å². The van der Waals surface area contributed by atoms with Gasteiger partial charge in [-0.2, -0.15) is 11.8 Å². The first-order valence-electron chi connectivity index (χ1n) is 7.24. The zero-order valence-electron chi connectivity index (χ0n) is 13.5. The van der Waals surface area contributed by atoms with Gasteiger partial charge in [0.05, 0.1) is 6.10 Å². The van der Waals surface area contributed by atoms with Crippen molar-refractivity contribution in [3.05, 3.63) is 0 Å². The lowest BCUT2D eigenvalue weighted by atomic mass is 10.0. The standard InChI is InChI=1S/C14H26N2O5S/c1-5-6-10(18)15-11(8(2)3)13(19)16-12(14(20)21)9(17)7-22-4/h8-9,11-12,17H,5-7H2,1-4H3,(H,15,18)(H,16,19)(H,20,21)/t9?,11-,12-/m0/s1. The van der Waals surface area contributed by atoms with Crippen molar-refractivity contribution in [2.45, 2.75) is 51.8 Å². The van der Waals surface area contributed by atoms with Gasteiger partial charge in [-0.1, -0.05) is 20.8 Å². The lowest BCUT2D eigenvalue weighted by Crippen LogP contribution is -2.57. The average Bonchev–Trinajstić information content (AvgIpc) is 2.41. The Morgan fingerprint density at radius 2 is 1.73 bits per heavy atom. The number of thioether (sulfide) groups is 1. The minimum Gasteiger partial charge on any atom is -0.480 e. The number of nitrogens with one attached hydrogen (secondary N) is 2. The predicted molar refractivity (Wildman–Crippen MR) is 85.6 cm³/mol. The molecule has 128 valence electrons. The molecule has 0 aliphatic heterocycles. The molecule has 0 radical (unpaired) electrons. The lowest BCUT2D eigenvalue weighted by Gasteiger charge is -2.25. The molecule has 0 aromatic heterocycles. The van der Waals surface area contributed by atoms with E-state index in [1.54, 1.807) is 20.1 Å². The van der Waals surface area contributed by atoms with Crippen LogP contribution in [0, 0.1) is 5.92 Å². The van der Waals surface area contributed by atoms with Gasteiger partial charge < -0.3 is 20.8 Å². The SMILES string of the molecule is CCCC(=O)N[C@H](C(=O)N[C@H](C(=O)O)C(O)CSC)C(C)C. The molecule has 0 spiro atoms. The molecule has 4 N–H and O–H groups in total. The molecular formula is C14H26N2O5S. The fourth-order valence-corrected chi connectivity index (χ4v) is 2.37. The van der Waals surface area contributed by atoms with Gasteiger partial charge in [0.15, 0.2) is 6.04 Å². The summed E-state index contributed by atoms with van der Waals surface area (Å²) in [5, 5.41) is 23.9. The summed E-state index contributed by atoms with van der Waals surface area (Å²) in [5.41, 5.74) is 0.